The Labute approximate surface area is 279 Å². The third-order valence-electron chi connectivity index (χ3n) is 8.77. The van der Waals surface area contributed by atoms with Crippen molar-refractivity contribution in [1.29, 1.82) is 0 Å². The molecule has 0 fully saturated rings. The highest BCUT2D eigenvalue weighted by Gasteiger charge is 2.42. The third-order valence-corrected chi connectivity index (χ3v) is 8.77. The van der Waals surface area contributed by atoms with Crippen molar-refractivity contribution in [1.82, 2.24) is 4.98 Å². The number of aliphatic carboxylic acids is 1. The van der Waals surface area contributed by atoms with Gasteiger partial charge >= 0.3 is 5.97 Å². The second-order valence-corrected chi connectivity index (χ2v) is 12.2. The van der Waals surface area contributed by atoms with Gasteiger partial charge in [0.2, 0.25) is 11.8 Å². The number of carboxylic acid groups (broad SMARTS) is 1. The van der Waals surface area contributed by atoms with Crippen molar-refractivity contribution in [3.8, 4) is 17.2 Å². The monoisotopic (exact) mass is 645 g/mol. The van der Waals surface area contributed by atoms with Crippen LogP contribution >= 0.6 is 0 Å². The van der Waals surface area contributed by atoms with Crippen molar-refractivity contribution < 1.29 is 28.6 Å². The minimum Gasteiger partial charge on any atom is -0.493 e. The second kappa shape index (κ2) is 14.4. The molecule has 0 aliphatic carbocycles. The zero-order valence-corrected chi connectivity index (χ0v) is 27.2. The fourth-order valence-corrected chi connectivity index (χ4v) is 5.50. The van der Waals surface area contributed by atoms with Crippen LogP contribution in [0.2, 0.25) is 0 Å². The molecule has 0 aliphatic heterocycles. The molecule has 1 aromatic heterocycles. The molecule has 4 aromatic carbocycles. The summed E-state index contributed by atoms with van der Waals surface area (Å²) in [4.78, 5) is 42.6. The van der Waals surface area contributed by atoms with Crippen LogP contribution in [0.5, 0.6) is 5.75 Å². The van der Waals surface area contributed by atoms with Gasteiger partial charge in [0.15, 0.2) is 5.78 Å². The Hall–Kier alpha value is -5.70. The highest BCUT2D eigenvalue weighted by molar-refractivity contribution is 6.12. The number of benzene rings is 4. The molecule has 0 bridgehead atoms. The molecule has 0 spiro atoms. The summed E-state index contributed by atoms with van der Waals surface area (Å²) in [6, 6.07) is 33.3. The van der Waals surface area contributed by atoms with Crippen molar-refractivity contribution in [2.24, 2.45) is 11.1 Å². The van der Waals surface area contributed by atoms with E-state index in [9.17, 15) is 19.5 Å². The molecule has 246 valence electrons. The van der Waals surface area contributed by atoms with E-state index < -0.39 is 22.8 Å². The van der Waals surface area contributed by atoms with E-state index in [2.05, 4.69) is 10.3 Å². The molecule has 0 unspecified atom stereocenters. The lowest BCUT2D eigenvalue weighted by atomic mass is 9.77. The summed E-state index contributed by atoms with van der Waals surface area (Å²) in [6.07, 6.45) is 0.717. The number of primary amides is 1. The molecule has 0 radical (unpaired) electrons. The number of hydrogen-bond donors (Lipinski definition) is 3. The average Bonchev–Trinajstić information content (AvgIpc) is 3.48. The number of ether oxygens (including phenoxy) is 1. The molecule has 4 N–H and O–H groups in total. The van der Waals surface area contributed by atoms with Crippen LogP contribution in [-0.4, -0.2) is 34.4 Å². The topological polar surface area (TPSA) is 145 Å². The Bertz CT molecular complexity index is 1870. The number of anilines is 1. The van der Waals surface area contributed by atoms with Gasteiger partial charge in [0.1, 0.15) is 16.9 Å². The molecule has 48 heavy (non-hydrogen) atoms. The molecule has 1 amide bonds. The first-order valence-corrected chi connectivity index (χ1v) is 15.8. The molecule has 1 heterocycles. The van der Waals surface area contributed by atoms with Gasteiger partial charge in [0.25, 0.3) is 0 Å². The van der Waals surface area contributed by atoms with Gasteiger partial charge in [0.05, 0.1) is 17.8 Å². The number of ketones is 1. The summed E-state index contributed by atoms with van der Waals surface area (Å²) < 4.78 is 11.9. The van der Waals surface area contributed by atoms with Crippen molar-refractivity contribution >= 4 is 23.3 Å². The minimum atomic E-state index is -1.79. The Morgan fingerprint density at radius 3 is 2.12 bits per heavy atom. The first-order valence-electron chi connectivity index (χ1n) is 15.8. The van der Waals surface area contributed by atoms with E-state index in [4.69, 9.17) is 14.9 Å². The number of carbonyl (C=O) groups excluding carboxylic acids is 2. The van der Waals surface area contributed by atoms with E-state index in [1.165, 1.54) is 6.92 Å². The predicted octanol–water partition coefficient (Wildman–Crippen LogP) is 7.19. The quantitative estimate of drug-likeness (QED) is 0.0802. The van der Waals surface area contributed by atoms with Crippen LogP contribution in [0, 0.1) is 12.3 Å². The van der Waals surface area contributed by atoms with E-state index in [1.54, 1.807) is 24.3 Å². The summed E-state index contributed by atoms with van der Waals surface area (Å²) in [5.41, 5.74) is 6.96. The number of nitrogens with two attached hydrogens (primary N) is 1. The third kappa shape index (κ3) is 7.47. The van der Waals surface area contributed by atoms with Gasteiger partial charge in [-0.15, -0.1) is 0 Å². The van der Waals surface area contributed by atoms with Crippen molar-refractivity contribution in [3.63, 3.8) is 0 Å². The highest BCUT2D eigenvalue weighted by Crippen LogP contribution is 2.37. The zero-order chi connectivity index (χ0) is 34.3. The number of para-hydroxylation sites is 1. The first kappa shape index (κ1) is 33.7. The van der Waals surface area contributed by atoms with Crippen LogP contribution in [0.15, 0.2) is 114 Å². The molecule has 5 aromatic rings. The Kier molecular flexibility index (Phi) is 10.1. The van der Waals surface area contributed by atoms with Gasteiger partial charge in [-0.25, -0.2) is 4.98 Å². The van der Waals surface area contributed by atoms with Crippen LogP contribution in [0.25, 0.3) is 11.5 Å². The zero-order valence-electron chi connectivity index (χ0n) is 27.2. The number of hydrogen-bond acceptors (Lipinski definition) is 7. The highest BCUT2D eigenvalue weighted by atomic mass is 16.5. The number of nitrogens with zero attached hydrogens (tertiary/aromatic N) is 1. The number of carboxylic acids is 1. The molecule has 9 heteroatoms. The number of rotatable bonds is 15. The van der Waals surface area contributed by atoms with E-state index >= 15 is 0 Å². The van der Waals surface area contributed by atoms with Gasteiger partial charge in [0, 0.05) is 28.8 Å². The Morgan fingerprint density at radius 2 is 1.48 bits per heavy atom. The lowest BCUT2D eigenvalue weighted by Gasteiger charge is -2.36. The summed E-state index contributed by atoms with van der Waals surface area (Å²) >= 11 is 0. The summed E-state index contributed by atoms with van der Waals surface area (Å²) in [5.74, 6) is -0.419. The van der Waals surface area contributed by atoms with Gasteiger partial charge in [-0.05, 0) is 75.6 Å². The second-order valence-electron chi connectivity index (χ2n) is 12.2. The number of aryl methyl sites for hydroxylation is 1. The molecule has 2 atom stereocenters. The lowest BCUT2D eigenvalue weighted by molar-refractivity contribution is -0.154. The standard InChI is InChI=1S/C39H39N3O6/c1-26-32(41-35(48-26)28-14-8-5-9-15-28)22-25-47-30-20-18-29(19-21-30)39(3,24-23-38(2,36(40)44)37(45)46)42-33-17-11-10-16-31(33)34(43)27-12-6-4-7-13-27/h4-21,42H,22-25H2,1-3H3,(H2,40,44)(H,45,46)/t38-,39-/m0/s1. The Balaban J connectivity index is 1.37. The van der Waals surface area contributed by atoms with Gasteiger partial charge < -0.3 is 25.3 Å². The van der Waals surface area contributed by atoms with E-state index in [1.807, 2.05) is 98.8 Å². The maximum atomic E-state index is 13.5. The number of oxazole rings is 1. The minimum absolute atomic E-state index is 0.0454. The molecular formula is C39H39N3O6. The first-order chi connectivity index (χ1) is 23.0. The molecule has 0 saturated heterocycles. The molecule has 0 aliphatic rings. The Morgan fingerprint density at radius 1 is 0.854 bits per heavy atom. The number of nitrogens with one attached hydrogen (secondary N) is 1. The summed E-state index contributed by atoms with van der Waals surface area (Å²) in [6.45, 7) is 5.51. The molecule has 9 nitrogen and oxygen atoms in total. The van der Waals surface area contributed by atoms with Gasteiger partial charge in [-0.3, -0.25) is 14.4 Å². The molecule has 0 saturated carbocycles. The maximum absolute atomic E-state index is 13.5. The number of carbonyl (C=O) groups is 3. The SMILES string of the molecule is Cc1oc(-c2ccccc2)nc1CCOc1ccc([C@](C)(CC[C@@](C)(C(N)=O)C(=O)O)Nc2ccccc2C(=O)c2ccccc2)cc1. The van der Waals surface area contributed by atoms with E-state index in [-0.39, 0.29) is 18.6 Å². The van der Waals surface area contributed by atoms with Crippen molar-refractivity contribution in [3.05, 3.63) is 137 Å². The molecular weight excluding hydrogens is 606 g/mol. The van der Waals surface area contributed by atoms with Crippen molar-refractivity contribution in [2.45, 2.75) is 45.6 Å². The predicted molar refractivity (Wildman–Crippen MR) is 184 cm³/mol. The van der Waals surface area contributed by atoms with Crippen LogP contribution in [-0.2, 0) is 21.5 Å². The normalized spacial score (nSPS) is 13.6. The lowest BCUT2D eigenvalue weighted by Crippen LogP contribution is -2.43. The fourth-order valence-electron chi connectivity index (χ4n) is 5.50. The number of amides is 1. The molecule has 5 rings (SSSR count). The van der Waals surface area contributed by atoms with Crippen LogP contribution in [0.4, 0.5) is 5.69 Å². The fraction of sp³-hybridized carbons (Fsp3) is 0.231. The average molecular weight is 646 g/mol. The summed E-state index contributed by atoms with van der Waals surface area (Å²) in [5, 5.41) is 13.4. The van der Waals surface area contributed by atoms with Crippen LogP contribution < -0.4 is 15.8 Å². The summed E-state index contributed by atoms with van der Waals surface area (Å²) in [7, 11) is 0. The van der Waals surface area contributed by atoms with Gasteiger partial charge in [-0.2, -0.15) is 0 Å². The van der Waals surface area contributed by atoms with Gasteiger partial charge in [-0.1, -0.05) is 72.8 Å². The largest absolute Gasteiger partial charge is 0.493 e. The smallest absolute Gasteiger partial charge is 0.318 e. The van der Waals surface area contributed by atoms with Crippen LogP contribution in [0.3, 0.4) is 0 Å². The maximum Gasteiger partial charge on any atom is 0.318 e. The van der Waals surface area contributed by atoms with Crippen molar-refractivity contribution in [2.75, 3.05) is 11.9 Å². The van der Waals surface area contributed by atoms with E-state index in [0.29, 0.717) is 41.5 Å². The van der Waals surface area contributed by atoms with Crippen LogP contribution in [0.1, 0.15) is 59.6 Å². The number of aromatic nitrogens is 1. The van der Waals surface area contributed by atoms with E-state index in [0.717, 1.165) is 22.6 Å².